The zero-order valence-corrected chi connectivity index (χ0v) is 17.1. The first-order chi connectivity index (χ1) is 14.0. The lowest BCUT2D eigenvalue weighted by Crippen LogP contribution is -2.37. The van der Waals surface area contributed by atoms with Crippen LogP contribution in [0.1, 0.15) is 16.4 Å². The van der Waals surface area contributed by atoms with Crippen molar-refractivity contribution >= 4 is 23.4 Å². The summed E-state index contributed by atoms with van der Waals surface area (Å²) in [5, 5.41) is 3.23. The van der Waals surface area contributed by atoms with Crippen molar-refractivity contribution in [1.82, 2.24) is 15.2 Å². The maximum Gasteiger partial charge on any atom is 0.273 e. The Morgan fingerprint density at radius 3 is 2.59 bits per heavy atom. The number of amides is 2. The molecule has 0 spiro atoms. The van der Waals surface area contributed by atoms with E-state index in [1.165, 1.54) is 11.2 Å². The molecule has 0 aliphatic heterocycles. The maximum absolute atomic E-state index is 12.6. The highest BCUT2D eigenvalue weighted by atomic mass is 35.5. The molecule has 0 saturated carbocycles. The van der Waals surface area contributed by atoms with E-state index in [1.807, 2.05) is 0 Å². The molecule has 2 amide bonds. The Hall–Kier alpha value is -2.62. The van der Waals surface area contributed by atoms with Crippen molar-refractivity contribution in [2.75, 3.05) is 47.1 Å². The van der Waals surface area contributed by atoms with Gasteiger partial charge in [0.25, 0.3) is 11.8 Å². The minimum Gasteiger partial charge on any atom is -0.484 e. The molecule has 2 rings (SSSR count). The number of halogens is 1. The summed E-state index contributed by atoms with van der Waals surface area (Å²) in [6.45, 7) is 1.31. The van der Waals surface area contributed by atoms with Crippen molar-refractivity contribution in [3.8, 4) is 5.75 Å². The summed E-state index contributed by atoms with van der Waals surface area (Å²) >= 11 is 5.84. The zero-order valence-electron chi connectivity index (χ0n) is 16.4. The summed E-state index contributed by atoms with van der Waals surface area (Å²) in [5.74, 6) is 0.109. The van der Waals surface area contributed by atoms with E-state index in [-0.39, 0.29) is 36.6 Å². The van der Waals surface area contributed by atoms with E-state index in [9.17, 15) is 9.59 Å². The summed E-state index contributed by atoms with van der Waals surface area (Å²) in [4.78, 5) is 30.2. The fourth-order valence-corrected chi connectivity index (χ4v) is 2.39. The average molecular weight is 426 g/mol. The van der Waals surface area contributed by atoms with Crippen molar-refractivity contribution in [2.24, 2.45) is 0 Å². The first-order valence-corrected chi connectivity index (χ1v) is 9.28. The van der Waals surface area contributed by atoms with Gasteiger partial charge in [0.15, 0.2) is 12.3 Å². The van der Waals surface area contributed by atoms with Gasteiger partial charge in [0.1, 0.15) is 12.0 Å². The highest BCUT2D eigenvalue weighted by Crippen LogP contribution is 2.15. The molecule has 0 fully saturated rings. The van der Waals surface area contributed by atoms with Crippen LogP contribution in [-0.2, 0) is 20.8 Å². The van der Waals surface area contributed by atoms with Gasteiger partial charge < -0.3 is 28.8 Å². The van der Waals surface area contributed by atoms with Crippen LogP contribution in [0.15, 0.2) is 34.9 Å². The SMILES string of the molecule is COCCNC(=O)c1coc(CN(CCOC)C(=O)COc2ccc(Cl)cc2)n1. The Bertz CT molecular complexity index is 781. The molecule has 0 unspecified atom stereocenters. The van der Waals surface area contributed by atoms with E-state index in [0.29, 0.717) is 37.1 Å². The van der Waals surface area contributed by atoms with Crippen LogP contribution >= 0.6 is 11.6 Å². The molecule has 29 heavy (non-hydrogen) atoms. The third-order valence-corrected chi connectivity index (χ3v) is 4.05. The van der Waals surface area contributed by atoms with Crippen LogP contribution < -0.4 is 10.1 Å². The highest BCUT2D eigenvalue weighted by Gasteiger charge is 2.19. The predicted molar refractivity (Wildman–Crippen MR) is 105 cm³/mol. The molecule has 0 saturated heterocycles. The van der Waals surface area contributed by atoms with Gasteiger partial charge in [-0.1, -0.05) is 11.6 Å². The topological polar surface area (TPSA) is 103 Å². The van der Waals surface area contributed by atoms with Crippen LogP contribution in [0.25, 0.3) is 0 Å². The lowest BCUT2D eigenvalue weighted by Gasteiger charge is -2.21. The minimum atomic E-state index is -0.377. The van der Waals surface area contributed by atoms with Crippen molar-refractivity contribution in [2.45, 2.75) is 6.54 Å². The van der Waals surface area contributed by atoms with Crippen LogP contribution in [0, 0.1) is 0 Å². The highest BCUT2D eigenvalue weighted by molar-refractivity contribution is 6.30. The number of methoxy groups -OCH3 is 2. The van der Waals surface area contributed by atoms with Gasteiger partial charge >= 0.3 is 0 Å². The number of carbonyl (C=O) groups excluding carboxylic acids is 2. The number of nitrogens with one attached hydrogen (secondary N) is 1. The first kappa shape index (κ1) is 22.7. The number of aromatic nitrogens is 1. The monoisotopic (exact) mass is 425 g/mol. The molecule has 158 valence electrons. The van der Waals surface area contributed by atoms with E-state index in [4.69, 9.17) is 30.2 Å². The number of hydrogen-bond acceptors (Lipinski definition) is 7. The predicted octanol–water partition coefficient (Wildman–Crippen LogP) is 1.76. The fourth-order valence-electron chi connectivity index (χ4n) is 2.27. The third-order valence-electron chi connectivity index (χ3n) is 3.80. The Labute approximate surface area is 173 Å². The molecule has 0 aliphatic rings. The van der Waals surface area contributed by atoms with Gasteiger partial charge in [-0.2, -0.15) is 0 Å². The summed E-state index contributed by atoms with van der Waals surface area (Å²) in [6, 6.07) is 6.71. The Balaban J connectivity index is 1.94. The molecule has 1 aromatic carbocycles. The van der Waals surface area contributed by atoms with Crippen LogP contribution in [0.3, 0.4) is 0 Å². The molecule has 9 nitrogen and oxygen atoms in total. The molecular weight excluding hydrogens is 402 g/mol. The lowest BCUT2D eigenvalue weighted by atomic mass is 10.3. The molecule has 0 radical (unpaired) electrons. The van der Waals surface area contributed by atoms with Crippen molar-refractivity contribution in [3.63, 3.8) is 0 Å². The van der Waals surface area contributed by atoms with Crippen LogP contribution in [0.2, 0.25) is 5.02 Å². The standard InChI is InChI=1S/C19H24ClN3O6/c1-26-9-7-21-19(25)16-12-29-17(22-16)11-23(8-10-27-2)18(24)13-28-15-5-3-14(20)4-6-15/h3-6,12H,7-11,13H2,1-2H3,(H,21,25). The van der Waals surface area contributed by atoms with Crippen LogP contribution in [-0.4, -0.2) is 68.8 Å². The summed E-state index contributed by atoms with van der Waals surface area (Å²) < 4.78 is 20.8. The normalized spacial score (nSPS) is 10.6. The van der Waals surface area contributed by atoms with Gasteiger partial charge in [0, 0.05) is 32.3 Å². The minimum absolute atomic E-state index is 0.0809. The largest absolute Gasteiger partial charge is 0.484 e. The molecule has 1 aromatic heterocycles. The number of nitrogens with zero attached hydrogens (tertiary/aromatic N) is 2. The van der Waals surface area contributed by atoms with E-state index < -0.39 is 0 Å². The Morgan fingerprint density at radius 2 is 1.90 bits per heavy atom. The third kappa shape index (κ3) is 7.72. The van der Waals surface area contributed by atoms with Gasteiger partial charge in [-0.15, -0.1) is 0 Å². The average Bonchev–Trinajstić information content (AvgIpc) is 3.19. The second-order valence-corrected chi connectivity index (χ2v) is 6.36. The number of oxazole rings is 1. The van der Waals surface area contributed by atoms with Crippen LogP contribution in [0.4, 0.5) is 0 Å². The maximum atomic E-state index is 12.6. The van der Waals surface area contributed by atoms with Crippen LogP contribution in [0.5, 0.6) is 5.75 Å². The van der Waals surface area contributed by atoms with E-state index in [1.54, 1.807) is 38.5 Å². The number of benzene rings is 1. The van der Waals surface area contributed by atoms with Gasteiger partial charge in [-0.25, -0.2) is 4.98 Å². The van der Waals surface area contributed by atoms with Gasteiger partial charge in [0.05, 0.1) is 19.8 Å². The molecular formula is C19H24ClN3O6. The Kier molecular flexibility index (Phi) is 9.42. The number of ether oxygens (including phenoxy) is 3. The zero-order chi connectivity index (χ0) is 21.1. The van der Waals surface area contributed by atoms with Gasteiger partial charge in [-0.05, 0) is 24.3 Å². The van der Waals surface area contributed by atoms with Crippen molar-refractivity contribution in [1.29, 1.82) is 0 Å². The lowest BCUT2D eigenvalue weighted by molar-refractivity contribution is -0.135. The number of hydrogen-bond donors (Lipinski definition) is 1. The van der Waals surface area contributed by atoms with Crippen molar-refractivity contribution < 1.29 is 28.2 Å². The van der Waals surface area contributed by atoms with Gasteiger partial charge in [-0.3, -0.25) is 9.59 Å². The molecule has 0 atom stereocenters. The first-order valence-electron chi connectivity index (χ1n) is 8.90. The van der Waals surface area contributed by atoms with E-state index in [0.717, 1.165) is 0 Å². The molecule has 0 aliphatic carbocycles. The van der Waals surface area contributed by atoms with E-state index in [2.05, 4.69) is 10.3 Å². The summed E-state index contributed by atoms with van der Waals surface area (Å²) in [7, 11) is 3.09. The molecule has 2 aromatic rings. The number of rotatable bonds is 12. The fraction of sp³-hybridized carbons (Fsp3) is 0.421. The Morgan fingerprint density at radius 1 is 1.17 bits per heavy atom. The van der Waals surface area contributed by atoms with E-state index >= 15 is 0 Å². The molecule has 1 heterocycles. The number of carbonyl (C=O) groups is 2. The smallest absolute Gasteiger partial charge is 0.273 e. The second kappa shape index (κ2) is 12.1. The molecule has 1 N–H and O–H groups in total. The van der Waals surface area contributed by atoms with Crippen molar-refractivity contribution in [3.05, 3.63) is 47.1 Å². The summed E-state index contributed by atoms with van der Waals surface area (Å²) in [6.07, 6.45) is 1.25. The molecule has 0 bridgehead atoms. The quantitative estimate of drug-likeness (QED) is 0.517. The van der Waals surface area contributed by atoms with Gasteiger partial charge in [0.2, 0.25) is 5.89 Å². The molecule has 10 heteroatoms. The second-order valence-electron chi connectivity index (χ2n) is 5.93. The summed E-state index contributed by atoms with van der Waals surface area (Å²) in [5.41, 5.74) is 0.132.